The lowest BCUT2D eigenvalue weighted by molar-refractivity contribution is -0.140. The summed E-state index contributed by atoms with van der Waals surface area (Å²) in [6.07, 6.45) is 1.19. The number of hydrogen-bond acceptors (Lipinski definition) is 5. The Morgan fingerprint density at radius 2 is 1.59 bits per heavy atom. The van der Waals surface area contributed by atoms with Crippen LogP contribution in [-0.2, 0) is 32.6 Å². The topological polar surface area (TPSA) is 96.0 Å². The maximum Gasteiger partial charge on any atom is 0.244 e. The number of halogens is 1. The Labute approximate surface area is 229 Å². The number of ether oxygens (including phenoxy) is 1. The Morgan fingerprint density at radius 3 is 2.18 bits per heavy atom. The summed E-state index contributed by atoms with van der Waals surface area (Å²) in [6.45, 7) is 3.10. The summed E-state index contributed by atoms with van der Waals surface area (Å²) in [7, 11) is -2.39. The number of methoxy groups -OCH3 is 1. The fraction of sp³-hybridized carbons (Fsp3) is 0.310. The monoisotopic (exact) mass is 555 g/mol. The summed E-state index contributed by atoms with van der Waals surface area (Å²) < 4.78 is 45.2. The van der Waals surface area contributed by atoms with Crippen molar-refractivity contribution in [2.45, 2.75) is 38.9 Å². The van der Waals surface area contributed by atoms with Crippen LogP contribution < -0.4 is 14.4 Å². The first kappa shape index (κ1) is 29.6. The average molecular weight is 556 g/mol. The van der Waals surface area contributed by atoms with Crippen molar-refractivity contribution in [3.05, 3.63) is 95.8 Å². The molecule has 0 unspecified atom stereocenters. The van der Waals surface area contributed by atoms with Crippen LogP contribution in [0.5, 0.6) is 5.75 Å². The van der Waals surface area contributed by atoms with Crippen molar-refractivity contribution < 1.29 is 27.1 Å². The van der Waals surface area contributed by atoms with Crippen molar-refractivity contribution in [3.8, 4) is 5.75 Å². The molecule has 0 spiro atoms. The van der Waals surface area contributed by atoms with Gasteiger partial charge in [0.25, 0.3) is 0 Å². The normalized spacial score (nSPS) is 12.1. The van der Waals surface area contributed by atoms with E-state index in [1.54, 1.807) is 24.3 Å². The van der Waals surface area contributed by atoms with Crippen LogP contribution in [0.25, 0.3) is 0 Å². The van der Waals surface area contributed by atoms with Gasteiger partial charge >= 0.3 is 0 Å². The number of amides is 2. The second-order valence-corrected chi connectivity index (χ2v) is 11.4. The lowest BCUT2D eigenvalue weighted by Crippen LogP contribution is -2.54. The number of hydrogen-bond donors (Lipinski definition) is 1. The molecular weight excluding hydrogens is 521 g/mol. The highest BCUT2D eigenvalue weighted by Crippen LogP contribution is 2.22. The minimum atomic E-state index is -3.92. The van der Waals surface area contributed by atoms with Crippen LogP contribution in [0, 0.1) is 5.82 Å². The lowest BCUT2D eigenvalue weighted by Gasteiger charge is -2.34. The van der Waals surface area contributed by atoms with E-state index in [1.807, 2.05) is 44.2 Å². The van der Waals surface area contributed by atoms with E-state index in [9.17, 15) is 22.4 Å². The molecule has 208 valence electrons. The third-order valence-electron chi connectivity index (χ3n) is 5.98. The van der Waals surface area contributed by atoms with Gasteiger partial charge in [-0.1, -0.05) is 42.5 Å². The van der Waals surface area contributed by atoms with Crippen molar-refractivity contribution >= 4 is 27.5 Å². The van der Waals surface area contributed by atoms with Crippen LogP contribution in [0.1, 0.15) is 25.0 Å². The van der Waals surface area contributed by atoms with Crippen molar-refractivity contribution in [2.24, 2.45) is 0 Å². The summed E-state index contributed by atoms with van der Waals surface area (Å²) in [6, 6.07) is 20.1. The Hall–Kier alpha value is -3.92. The fourth-order valence-corrected chi connectivity index (χ4v) is 4.97. The van der Waals surface area contributed by atoms with Crippen LogP contribution >= 0.6 is 0 Å². The highest BCUT2D eigenvalue weighted by molar-refractivity contribution is 7.92. The van der Waals surface area contributed by atoms with E-state index >= 15 is 0 Å². The zero-order valence-corrected chi connectivity index (χ0v) is 23.3. The Morgan fingerprint density at radius 1 is 0.949 bits per heavy atom. The smallest absolute Gasteiger partial charge is 0.244 e. The zero-order chi connectivity index (χ0) is 28.6. The second kappa shape index (κ2) is 13.2. The van der Waals surface area contributed by atoms with Crippen molar-refractivity contribution in [1.82, 2.24) is 10.2 Å². The summed E-state index contributed by atoms with van der Waals surface area (Å²) in [5.41, 5.74) is 1.67. The predicted octanol–water partition coefficient (Wildman–Crippen LogP) is 3.77. The maximum absolute atomic E-state index is 14.0. The molecular formula is C29H34FN3O5S. The van der Waals surface area contributed by atoms with Crippen molar-refractivity contribution in [2.75, 3.05) is 24.2 Å². The molecule has 0 saturated heterocycles. The van der Waals surface area contributed by atoms with E-state index < -0.39 is 34.3 Å². The molecule has 0 saturated carbocycles. The van der Waals surface area contributed by atoms with E-state index in [0.29, 0.717) is 11.3 Å². The molecule has 0 radical (unpaired) electrons. The third-order valence-corrected chi connectivity index (χ3v) is 7.12. The Balaban J connectivity index is 2.06. The molecule has 0 aromatic heterocycles. The first-order chi connectivity index (χ1) is 18.5. The summed E-state index contributed by atoms with van der Waals surface area (Å²) in [5.74, 6) is -0.910. The predicted molar refractivity (Wildman–Crippen MR) is 149 cm³/mol. The average Bonchev–Trinajstić information content (AvgIpc) is 2.89. The van der Waals surface area contributed by atoms with E-state index in [0.717, 1.165) is 28.3 Å². The summed E-state index contributed by atoms with van der Waals surface area (Å²) >= 11 is 0. The number of sulfonamides is 1. The molecule has 0 fully saturated rings. The summed E-state index contributed by atoms with van der Waals surface area (Å²) in [4.78, 5) is 28.9. The van der Waals surface area contributed by atoms with Gasteiger partial charge in [0.2, 0.25) is 21.8 Å². The first-order valence-corrected chi connectivity index (χ1v) is 14.3. The number of benzene rings is 3. The number of nitrogens with zero attached hydrogens (tertiary/aromatic N) is 2. The van der Waals surface area contributed by atoms with Gasteiger partial charge in [-0.15, -0.1) is 0 Å². The highest BCUT2D eigenvalue weighted by atomic mass is 32.2. The van der Waals surface area contributed by atoms with Crippen LogP contribution in [-0.4, -0.2) is 57.1 Å². The molecule has 39 heavy (non-hydrogen) atoms. The van der Waals surface area contributed by atoms with Crippen LogP contribution in [0.2, 0.25) is 0 Å². The molecule has 0 aliphatic carbocycles. The quantitative estimate of drug-likeness (QED) is 0.367. The number of carbonyl (C=O) groups excluding carboxylic acids is 2. The highest BCUT2D eigenvalue weighted by Gasteiger charge is 2.33. The third kappa shape index (κ3) is 8.54. The molecule has 0 bridgehead atoms. The minimum absolute atomic E-state index is 0.0278. The second-order valence-electron chi connectivity index (χ2n) is 9.49. The van der Waals surface area contributed by atoms with Crippen LogP contribution in [0.3, 0.4) is 0 Å². The Kier molecular flexibility index (Phi) is 10.1. The molecule has 3 aromatic rings. The standard InChI is InChI=1S/C29H34FN3O5S/c1-21(2)31-29(35)27(18-22-9-6-5-7-10-22)32(19-23-11-8-12-26(17-23)38-3)28(34)20-33(39(4,36)37)25-15-13-24(30)14-16-25/h5-17,21,27H,18-20H2,1-4H3,(H,31,35)/t27-/m1/s1. The summed E-state index contributed by atoms with van der Waals surface area (Å²) in [5, 5.41) is 2.90. The van der Waals surface area contributed by atoms with Crippen molar-refractivity contribution in [1.29, 1.82) is 0 Å². The molecule has 2 amide bonds. The largest absolute Gasteiger partial charge is 0.497 e. The van der Waals surface area contributed by atoms with Gasteiger partial charge in [-0.3, -0.25) is 13.9 Å². The first-order valence-electron chi connectivity index (χ1n) is 12.5. The van der Waals surface area contributed by atoms with E-state index in [1.165, 1.54) is 24.1 Å². The van der Waals surface area contributed by atoms with E-state index in [4.69, 9.17) is 4.74 Å². The zero-order valence-electron chi connectivity index (χ0n) is 22.5. The van der Waals surface area contributed by atoms with Gasteiger partial charge in [-0.25, -0.2) is 12.8 Å². The molecule has 0 aliphatic heterocycles. The molecule has 0 heterocycles. The van der Waals surface area contributed by atoms with Gasteiger partial charge in [0.1, 0.15) is 24.2 Å². The van der Waals surface area contributed by atoms with Gasteiger partial charge in [0.15, 0.2) is 0 Å². The lowest BCUT2D eigenvalue weighted by atomic mass is 10.0. The van der Waals surface area contributed by atoms with Crippen LogP contribution in [0.4, 0.5) is 10.1 Å². The molecule has 1 atom stereocenters. The molecule has 1 N–H and O–H groups in total. The molecule has 8 nitrogen and oxygen atoms in total. The molecule has 3 aromatic carbocycles. The van der Waals surface area contributed by atoms with Gasteiger partial charge in [0, 0.05) is 19.0 Å². The van der Waals surface area contributed by atoms with Crippen molar-refractivity contribution in [3.63, 3.8) is 0 Å². The minimum Gasteiger partial charge on any atom is -0.497 e. The molecule has 3 rings (SSSR count). The molecule has 0 aliphatic rings. The van der Waals surface area contributed by atoms with Gasteiger partial charge in [-0.2, -0.15) is 0 Å². The number of anilines is 1. The van der Waals surface area contributed by atoms with Crippen LogP contribution in [0.15, 0.2) is 78.9 Å². The van der Waals surface area contributed by atoms with Gasteiger partial charge in [0.05, 0.1) is 19.1 Å². The maximum atomic E-state index is 14.0. The fourth-order valence-electron chi connectivity index (χ4n) is 4.12. The molecule has 10 heteroatoms. The van der Waals surface area contributed by atoms with Gasteiger partial charge in [-0.05, 0) is 61.4 Å². The number of nitrogens with one attached hydrogen (secondary N) is 1. The number of rotatable bonds is 12. The number of carbonyl (C=O) groups is 2. The van der Waals surface area contributed by atoms with E-state index in [-0.39, 0.29) is 30.6 Å². The SMILES string of the molecule is COc1cccc(CN(C(=O)CN(c2ccc(F)cc2)S(C)(=O)=O)[C@H](Cc2ccccc2)C(=O)NC(C)C)c1. The van der Waals surface area contributed by atoms with E-state index in [2.05, 4.69) is 5.32 Å². The Bertz CT molecular complexity index is 1370. The van der Waals surface area contributed by atoms with Gasteiger partial charge < -0.3 is 15.0 Å².